The van der Waals surface area contributed by atoms with Crippen LogP contribution in [0.25, 0.3) is 10.2 Å². The van der Waals surface area contributed by atoms with E-state index in [1.807, 2.05) is 6.92 Å². The van der Waals surface area contributed by atoms with Crippen LogP contribution in [-0.4, -0.2) is 32.1 Å². The van der Waals surface area contributed by atoms with Gasteiger partial charge < -0.3 is 10.4 Å². The van der Waals surface area contributed by atoms with E-state index in [0.29, 0.717) is 5.92 Å². The largest absolute Gasteiger partial charge is 0.393 e. The lowest BCUT2D eigenvalue weighted by molar-refractivity contribution is 0.178. The molecule has 1 aliphatic carbocycles. The number of rotatable bonds is 3. The van der Waals surface area contributed by atoms with Gasteiger partial charge in [-0.3, -0.25) is 0 Å². The van der Waals surface area contributed by atoms with Crippen molar-refractivity contribution >= 4 is 27.6 Å². The highest BCUT2D eigenvalue weighted by Crippen LogP contribution is 2.28. The first-order chi connectivity index (χ1) is 8.74. The maximum atomic E-state index is 9.52. The smallest absolute Gasteiger partial charge is 0.149 e. The van der Waals surface area contributed by atoms with Crippen LogP contribution in [0.4, 0.5) is 5.82 Å². The summed E-state index contributed by atoms with van der Waals surface area (Å²) in [5, 5.41) is 13.9. The number of nitrogens with one attached hydrogen (secondary N) is 1. The molecule has 2 N–H and O–H groups in total. The van der Waals surface area contributed by atoms with Crippen LogP contribution < -0.4 is 5.32 Å². The van der Waals surface area contributed by atoms with Gasteiger partial charge in [-0.2, -0.15) is 4.37 Å². The van der Waals surface area contributed by atoms with Crippen molar-refractivity contribution in [2.45, 2.75) is 32.3 Å². The summed E-state index contributed by atoms with van der Waals surface area (Å²) in [5.41, 5.74) is 0.976. The van der Waals surface area contributed by atoms with Gasteiger partial charge in [0, 0.05) is 6.54 Å². The molecule has 2 unspecified atom stereocenters. The first-order valence-electron chi connectivity index (χ1n) is 6.23. The molecule has 18 heavy (non-hydrogen) atoms. The van der Waals surface area contributed by atoms with Crippen LogP contribution in [0, 0.1) is 12.8 Å². The number of fused-ring (bicyclic) bond motifs is 1. The lowest BCUT2D eigenvalue weighted by Crippen LogP contribution is -2.13. The Balaban J connectivity index is 1.76. The fourth-order valence-electron chi connectivity index (χ4n) is 2.53. The van der Waals surface area contributed by atoms with Crippen LogP contribution >= 0.6 is 11.5 Å². The van der Waals surface area contributed by atoms with Crippen LogP contribution in [0.15, 0.2) is 6.33 Å². The van der Waals surface area contributed by atoms with Crippen LogP contribution in [0.5, 0.6) is 0 Å². The molecule has 0 amide bonds. The van der Waals surface area contributed by atoms with Gasteiger partial charge in [0.15, 0.2) is 0 Å². The summed E-state index contributed by atoms with van der Waals surface area (Å²) >= 11 is 1.41. The number of aliphatic hydroxyl groups is 1. The zero-order valence-electron chi connectivity index (χ0n) is 10.3. The monoisotopic (exact) mass is 264 g/mol. The summed E-state index contributed by atoms with van der Waals surface area (Å²) in [6.07, 6.45) is 4.36. The lowest BCUT2D eigenvalue weighted by atomic mass is 10.1. The highest BCUT2D eigenvalue weighted by Gasteiger charge is 2.22. The molecular weight excluding hydrogens is 248 g/mol. The van der Waals surface area contributed by atoms with Crippen molar-refractivity contribution in [3.63, 3.8) is 0 Å². The Hall–Kier alpha value is -1.27. The number of anilines is 1. The Bertz CT molecular complexity index is 556. The molecule has 2 heterocycles. The van der Waals surface area contributed by atoms with Crippen molar-refractivity contribution in [2.75, 3.05) is 11.9 Å². The van der Waals surface area contributed by atoms with Gasteiger partial charge in [0.05, 0.1) is 17.2 Å². The molecule has 0 aliphatic heterocycles. The first-order valence-corrected chi connectivity index (χ1v) is 7.00. The molecule has 0 radical (unpaired) electrons. The van der Waals surface area contributed by atoms with E-state index in [0.717, 1.165) is 47.5 Å². The van der Waals surface area contributed by atoms with E-state index in [2.05, 4.69) is 19.7 Å². The van der Waals surface area contributed by atoms with Gasteiger partial charge in [-0.25, -0.2) is 9.97 Å². The molecular formula is C12H16N4OS. The third kappa shape index (κ3) is 2.18. The van der Waals surface area contributed by atoms with Gasteiger partial charge in [-0.1, -0.05) is 0 Å². The Labute approximate surface area is 109 Å². The second-order valence-corrected chi connectivity index (χ2v) is 5.64. The average molecular weight is 264 g/mol. The SMILES string of the molecule is Cc1nsc2ncnc(NCC3CCC(O)C3)c12. The summed E-state index contributed by atoms with van der Waals surface area (Å²) in [5.74, 6) is 1.41. The Morgan fingerprint density at radius 2 is 2.33 bits per heavy atom. The van der Waals surface area contributed by atoms with E-state index in [1.165, 1.54) is 11.5 Å². The molecule has 0 spiro atoms. The highest BCUT2D eigenvalue weighted by atomic mass is 32.1. The van der Waals surface area contributed by atoms with Crippen LogP contribution in [0.3, 0.4) is 0 Å². The topological polar surface area (TPSA) is 70.9 Å². The average Bonchev–Trinajstić information content (AvgIpc) is 2.94. The van der Waals surface area contributed by atoms with E-state index in [9.17, 15) is 5.11 Å². The number of nitrogens with zero attached hydrogens (tertiary/aromatic N) is 3. The van der Waals surface area contributed by atoms with Gasteiger partial charge in [-0.05, 0) is 43.6 Å². The van der Waals surface area contributed by atoms with Crippen LogP contribution in [0.2, 0.25) is 0 Å². The van der Waals surface area contributed by atoms with Crippen molar-refractivity contribution in [2.24, 2.45) is 5.92 Å². The zero-order valence-corrected chi connectivity index (χ0v) is 11.1. The van der Waals surface area contributed by atoms with Crippen molar-refractivity contribution in [3.05, 3.63) is 12.0 Å². The number of aliphatic hydroxyl groups excluding tert-OH is 1. The van der Waals surface area contributed by atoms with E-state index >= 15 is 0 Å². The van der Waals surface area contributed by atoms with E-state index < -0.39 is 0 Å². The molecule has 5 nitrogen and oxygen atoms in total. The Morgan fingerprint density at radius 3 is 3.11 bits per heavy atom. The summed E-state index contributed by atoms with van der Waals surface area (Å²) in [6, 6.07) is 0. The minimum absolute atomic E-state index is 0.119. The molecule has 1 aliphatic rings. The molecule has 2 atom stereocenters. The van der Waals surface area contributed by atoms with Gasteiger partial charge in [0.25, 0.3) is 0 Å². The normalized spacial score (nSPS) is 23.7. The molecule has 3 rings (SSSR count). The van der Waals surface area contributed by atoms with Gasteiger partial charge in [-0.15, -0.1) is 0 Å². The molecule has 1 fully saturated rings. The second kappa shape index (κ2) is 4.78. The number of hydrogen-bond acceptors (Lipinski definition) is 6. The van der Waals surface area contributed by atoms with Crippen molar-refractivity contribution in [1.82, 2.24) is 14.3 Å². The Morgan fingerprint density at radius 1 is 1.44 bits per heavy atom. The molecule has 6 heteroatoms. The molecule has 1 saturated carbocycles. The first kappa shape index (κ1) is 11.8. The quantitative estimate of drug-likeness (QED) is 0.887. The molecule has 0 bridgehead atoms. The van der Waals surface area contributed by atoms with Gasteiger partial charge in [0.2, 0.25) is 0 Å². The number of aryl methyl sites for hydroxylation is 1. The van der Waals surface area contributed by atoms with Crippen LogP contribution in [-0.2, 0) is 0 Å². The van der Waals surface area contributed by atoms with Crippen molar-refractivity contribution in [3.8, 4) is 0 Å². The minimum Gasteiger partial charge on any atom is -0.393 e. The summed E-state index contributed by atoms with van der Waals surface area (Å²) in [6.45, 7) is 2.84. The maximum Gasteiger partial charge on any atom is 0.149 e. The predicted molar refractivity (Wildman–Crippen MR) is 71.8 cm³/mol. The van der Waals surface area contributed by atoms with Gasteiger partial charge in [0.1, 0.15) is 17.0 Å². The van der Waals surface area contributed by atoms with E-state index in [1.54, 1.807) is 6.33 Å². The number of aromatic nitrogens is 3. The molecule has 0 aromatic carbocycles. The fourth-order valence-corrected chi connectivity index (χ4v) is 3.28. The zero-order chi connectivity index (χ0) is 12.5. The van der Waals surface area contributed by atoms with Crippen LogP contribution in [0.1, 0.15) is 25.0 Å². The van der Waals surface area contributed by atoms with Crippen molar-refractivity contribution in [1.29, 1.82) is 0 Å². The molecule has 96 valence electrons. The third-order valence-electron chi connectivity index (χ3n) is 3.52. The molecule has 2 aromatic rings. The summed E-state index contributed by atoms with van der Waals surface area (Å²) < 4.78 is 4.31. The highest BCUT2D eigenvalue weighted by molar-refractivity contribution is 7.13. The fraction of sp³-hybridized carbons (Fsp3) is 0.583. The maximum absolute atomic E-state index is 9.52. The number of hydrogen-bond donors (Lipinski definition) is 2. The summed E-state index contributed by atoms with van der Waals surface area (Å²) in [7, 11) is 0. The molecule has 2 aromatic heterocycles. The standard InChI is InChI=1S/C12H16N4OS/c1-7-10-11(14-6-15-12(10)18-16-7)13-5-8-2-3-9(17)4-8/h6,8-9,17H,2-5H2,1H3,(H,13,14,15). The summed E-state index contributed by atoms with van der Waals surface area (Å²) in [4.78, 5) is 9.45. The second-order valence-electron chi connectivity index (χ2n) is 4.88. The van der Waals surface area contributed by atoms with E-state index in [4.69, 9.17) is 0 Å². The lowest BCUT2D eigenvalue weighted by Gasteiger charge is -2.11. The third-order valence-corrected chi connectivity index (χ3v) is 4.36. The predicted octanol–water partition coefficient (Wildman–Crippen LogP) is 1.97. The van der Waals surface area contributed by atoms with E-state index in [-0.39, 0.29) is 6.10 Å². The minimum atomic E-state index is -0.119. The molecule has 0 saturated heterocycles. The Kier molecular flexibility index (Phi) is 3.13. The van der Waals surface area contributed by atoms with Crippen molar-refractivity contribution < 1.29 is 5.11 Å². The van der Waals surface area contributed by atoms with Gasteiger partial charge >= 0.3 is 0 Å².